The molecule has 1 aromatic heterocycles. The molecule has 7 atom stereocenters. The van der Waals surface area contributed by atoms with E-state index < -0.39 is 74.5 Å². The van der Waals surface area contributed by atoms with Crippen molar-refractivity contribution < 1.29 is 33.0 Å². The van der Waals surface area contributed by atoms with Crippen LogP contribution in [0.4, 0.5) is 0 Å². The molecule has 0 bridgehead atoms. The molecule has 4 aromatic rings. The summed E-state index contributed by atoms with van der Waals surface area (Å²) in [5.74, 6) is -2.38. The van der Waals surface area contributed by atoms with Gasteiger partial charge in [0.05, 0.1) is 40.0 Å². The number of carbonyl (C=O) groups is 3. The van der Waals surface area contributed by atoms with Crippen molar-refractivity contribution >= 4 is 38.5 Å². The van der Waals surface area contributed by atoms with Crippen LogP contribution >= 0.6 is 0 Å². The van der Waals surface area contributed by atoms with Crippen molar-refractivity contribution in [1.82, 2.24) is 26.3 Å². The Bertz CT molecular complexity index is 1990. The van der Waals surface area contributed by atoms with Gasteiger partial charge in [0.25, 0.3) is 5.91 Å². The lowest BCUT2D eigenvalue weighted by atomic mass is 9.70. The molecule has 53 heavy (non-hydrogen) atoms. The summed E-state index contributed by atoms with van der Waals surface area (Å²) in [6.45, 7) is 7.32. The zero-order valence-electron chi connectivity index (χ0n) is 30.4. The van der Waals surface area contributed by atoms with Crippen molar-refractivity contribution in [2.45, 2.75) is 86.9 Å². The molecule has 12 nitrogen and oxygen atoms in total. The Morgan fingerprint density at radius 2 is 1.53 bits per heavy atom. The van der Waals surface area contributed by atoms with Crippen LogP contribution in [0, 0.1) is 5.41 Å². The molecule has 0 saturated carbocycles. The average Bonchev–Trinajstić information content (AvgIpc) is 3.15. The van der Waals surface area contributed by atoms with Crippen molar-refractivity contribution in [3.63, 3.8) is 0 Å². The van der Waals surface area contributed by atoms with E-state index in [4.69, 9.17) is 0 Å². The number of amides is 3. The largest absolute Gasteiger partial charge is 0.391 e. The first kappa shape index (κ1) is 39.5. The predicted octanol–water partition coefficient (Wildman–Crippen LogP) is 3.10. The fourth-order valence-corrected chi connectivity index (χ4v) is 8.79. The maximum atomic E-state index is 14.0. The summed E-state index contributed by atoms with van der Waals surface area (Å²) in [5, 5.41) is 34.0. The molecule has 5 rings (SSSR count). The van der Waals surface area contributed by atoms with Gasteiger partial charge in [0, 0.05) is 17.8 Å². The molecule has 0 aliphatic carbocycles. The molecular weight excluding hydrogens is 695 g/mol. The van der Waals surface area contributed by atoms with Crippen LogP contribution in [0.1, 0.15) is 62.5 Å². The van der Waals surface area contributed by atoms with E-state index in [0.717, 1.165) is 10.9 Å². The van der Waals surface area contributed by atoms with Crippen molar-refractivity contribution in [2.24, 2.45) is 5.41 Å². The molecule has 13 heteroatoms. The third kappa shape index (κ3) is 9.65. The van der Waals surface area contributed by atoms with Gasteiger partial charge in [-0.2, -0.15) is 0 Å². The molecular formula is C40H49N5O7S. The monoisotopic (exact) mass is 743 g/mol. The topological polar surface area (TPSA) is 187 Å². The molecule has 282 valence electrons. The van der Waals surface area contributed by atoms with Crippen LogP contribution in [0.3, 0.4) is 0 Å². The SMILES string of the molecule is C[C@@H](O)[C@H](NC(=O)c1ccc2ccccc2n1)C(=O)NC(C(O)CNC(=O)C1CC(S(=O)(=O)c2ccccc2)CCN1)C(c1ccccc1)C(C)(C)C. The Labute approximate surface area is 310 Å². The van der Waals surface area contributed by atoms with E-state index in [2.05, 4.69) is 26.3 Å². The average molecular weight is 744 g/mol. The van der Waals surface area contributed by atoms with Crippen molar-refractivity contribution in [1.29, 1.82) is 0 Å². The molecule has 3 aromatic carbocycles. The summed E-state index contributed by atoms with van der Waals surface area (Å²) in [6, 6.07) is 24.8. The highest BCUT2D eigenvalue weighted by atomic mass is 32.2. The normalized spacial score (nSPS) is 19.3. The molecule has 6 N–H and O–H groups in total. The standard InChI is InChI=1S/C40H49N5O7S/c1-25(46)35(44-38(49)31-20-19-26-13-11-12-18-30(26)43-31)39(50)45-36(34(40(2,3)4)27-14-7-5-8-15-27)33(47)24-42-37(48)32-23-29(21-22-41-32)53(51,52)28-16-9-6-10-17-28/h5-20,25,29,32-36,41,46-47H,21-24H2,1-4H3,(H,42,48)(H,44,49)(H,45,50)/t25-,29?,32?,33?,34?,35+,36?/m1/s1. The maximum absolute atomic E-state index is 14.0. The minimum absolute atomic E-state index is 0.0514. The Balaban J connectivity index is 1.34. The number of para-hydroxylation sites is 1. The van der Waals surface area contributed by atoms with E-state index in [1.807, 2.05) is 63.2 Å². The lowest BCUT2D eigenvalue weighted by molar-refractivity contribution is -0.127. The van der Waals surface area contributed by atoms with Gasteiger partial charge in [-0.3, -0.25) is 14.4 Å². The van der Waals surface area contributed by atoms with Crippen molar-refractivity contribution in [3.05, 3.63) is 108 Å². The number of hydrogen-bond acceptors (Lipinski definition) is 9. The van der Waals surface area contributed by atoms with Crippen LogP contribution in [0.2, 0.25) is 0 Å². The molecule has 3 amide bonds. The summed E-state index contributed by atoms with van der Waals surface area (Å²) < 4.78 is 26.7. The van der Waals surface area contributed by atoms with Crippen molar-refractivity contribution in [2.75, 3.05) is 13.1 Å². The van der Waals surface area contributed by atoms with Crippen LogP contribution in [-0.4, -0.2) is 90.0 Å². The number of aliphatic hydroxyl groups excluding tert-OH is 2. The Kier molecular flexibility index (Phi) is 12.7. The van der Waals surface area contributed by atoms with E-state index in [9.17, 15) is 33.0 Å². The van der Waals surface area contributed by atoms with Gasteiger partial charge in [0.2, 0.25) is 11.8 Å². The molecule has 1 aliphatic heterocycles. The molecule has 0 radical (unpaired) electrons. The lowest BCUT2D eigenvalue weighted by Crippen LogP contribution is -2.60. The number of aliphatic hydroxyl groups is 2. The number of hydrogen-bond donors (Lipinski definition) is 6. The highest BCUT2D eigenvalue weighted by Gasteiger charge is 2.41. The highest BCUT2D eigenvalue weighted by molar-refractivity contribution is 7.92. The van der Waals surface area contributed by atoms with Gasteiger partial charge in [0.15, 0.2) is 9.84 Å². The van der Waals surface area contributed by atoms with Gasteiger partial charge in [-0.05, 0) is 61.6 Å². The fraction of sp³-hybridized carbons (Fsp3) is 0.400. The molecule has 5 unspecified atom stereocenters. The van der Waals surface area contributed by atoms with Gasteiger partial charge in [-0.25, -0.2) is 13.4 Å². The predicted molar refractivity (Wildman–Crippen MR) is 203 cm³/mol. The van der Waals surface area contributed by atoms with Gasteiger partial charge in [-0.15, -0.1) is 0 Å². The summed E-state index contributed by atoms with van der Waals surface area (Å²) in [7, 11) is -3.67. The van der Waals surface area contributed by atoms with E-state index in [1.54, 1.807) is 48.5 Å². The third-order valence-electron chi connectivity index (χ3n) is 9.72. The first-order valence-corrected chi connectivity index (χ1v) is 19.4. The number of pyridine rings is 1. The number of carbonyl (C=O) groups excluding carboxylic acids is 3. The highest BCUT2D eigenvalue weighted by Crippen LogP contribution is 2.39. The van der Waals surface area contributed by atoms with E-state index in [1.165, 1.54) is 13.0 Å². The second-order valence-corrected chi connectivity index (χ2v) is 16.9. The second-order valence-electron chi connectivity index (χ2n) is 14.7. The lowest BCUT2D eigenvalue weighted by Gasteiger charge is -2.41. The molecule has 2 heterocycles. The maximum Gasteiger partial charge on any atom is 0.270 e. The Morgan fingerprint density at radius 1 is 0.887 bits per heavy atom. The zero-order valence-corrected chi connectivity index (χ0v) is 31.2. The first-order valence-electron chi connectivity index (χ1n) is 17.8. The van der Waals surface area contributed by atoms with E-state index in [-0.39, 0.29) is 23.6 Å². The van der Waals surface area contributed by atoms with Gasteiger partial charge in [0.1, 0.15) is 11.7 Å². The smallest absolute Gasteiger partial charge is 0.270 e. The minimum Gasteiger partial charge on any atom is -0.391 e. The number of fused-ring (bicyclic) bond motifs is 1. The number of sulfone groups is 1. The number of piperidine rings is 1. The van der Waals surface area contributed by atoms with E-state index >= 15 is 0 Å². The van der Waals surface area contributed by atoms with Gasteiger partial charge >= 0.3 is 0 Å². The number of rotatable bonds is 13. The quantitative estimate of drug-likeness (QED) is 0.120. The molecule has 1 saturated heterocycles. The van der Waals surface area contributed by atoms with E-state index in [0.29, 0.717) is 18.5 Å². The van der Waals surface area contributed by atoms with Crippen LogP contribution < -0.4 is 21.3 Å². The van der Waals surface area contributed by atoms with Crippen molar-refractivity contribution in [3.8, 4) is 0 Å². The molecule has 1 aliphatic rings. The van der Waals surface area contributed by atoms with Crippen LogP contribution in [0.15, 0.2) is 102 Å². The second kappa shape index (κ2) is 17.0. The number of nitrogens with one attached hydrogen (secondary N) is 4. The van der Waals surface area contributed by atoms with Crippen LogP contribution in [0.25, 0.3) is 10.9 Å². The Hall–Kier alpha value is -4.69. The van der Waals surface area contributed by atoms with Gasteiger partial charge in [-0.1, -0.05) is 93.6 Å². The molecule has 1 fully saturated rings. The number of aromatic nitrogens is 1. The van der Waals surface area contributed by atoms with Crippen LogP contribution in [-0.2, 0) is 19.4 Å². The third-order valence-corrected chi connectivity index (χ3v) is 12.0. The van der Waals surface area contributed by atoms with Gasteiger partial charge < -0.3 is 31.5 Å². The summed E-state index contributed by atoms with van der Waals surface area (Å²) in [6.07, 6.45) is -2.26. The summed E-state index contributed by atoms with van der Waals surface area (Å²) in [4.78, 5) is 45.4. The van der Waals surface area contributed by atoms with Crippen LogP contribution in [0.5, 0.6) is 0 Å². The molecule has 0 spiro atoms. The first-order chi connectivity index (χ1) is 25.2. The summed E-state index contributed by atoms with van der Waals surface area (Å²) >= 11 is 0. The number of nitrogens with zero attached hydrogens (tertiary/aromatic N) is 1. The number of benzene rings is 3. The fourth-order valence-electron chi connectivity index (χ4n) is 7.00. The summed E-state index contributed by atoms with van der Waals surface area (Å²) in [5.41, 5.74) is 0.938. The Morgan fingerprint density at radius 3 is 2.19 bits per heavy atom. The minimum atomic E-state index is -3.67. The zero-order chi connectivity index (χ0) is 38.3.